The number of hydrogen-bond acceptors (Lipinski definition) is 3. The van der Waals surface area contributed by atoms with Crippen molar-refractivity contribution >= 4 is 36.9 Å². The smallest absolute Gasteiger partial charge is 0.268 e. The molecule has 0 aliphatic carbocycles. The number of rotatable bonds is 4. The van der Waals surface area contributed by atoms with Gasteiger partial charge in [0.2, 0.25) is 0 Å². The van der Waals surface area contributed by atoms with E-state index in [2.05, 4.69) is 15.9 Å². The van der Waals surface area contributed by atoms with Crippen molar-refractivity contribution in [2.24, 2.45) is 0 Å². The Hall–Kier alpha value is -2.57. The van der Waals surface area contributed by atoms with Crippen LogP contribution in [0.2, 0.25) is 0 Å². The average Bonchev–Trinajstić information content (AvgIpc) is 3.10. The normalized spacial score (nSPS) is 11.7. The largest absolute Gasteiger partial charge is 0.457 e. The fourth-order valence-electron chi connectivity index (χ4n) is 3.12. The summed E-state index contributed by atoms with van der Waals surface area (Å²) >= 11 is 3.44. The summed E-state index contributed by atoms with van der Waals surface area (Å²) in [5.41, 5.74) is 2.52. The first-order chi connectivity index (χ1) is 13.4. The molecular formula is C22H18BrNO3S. The highest BCUT2D eigenvalue weighted by molar-refractivity contribution is 9.10. The highest BCUT2D eigenvalue weighted by Gasteiger charge is 2.20. The predicted octanol–water partition coefficient (Wildman–Crippen LogP) is 6.05. The minimum Gasteiger partial charge on any atom is -0.457 e. The first kappa shape index (κ1) is 18.8. The summed E-state index contributed by atoms with van der Waals surface area (Å²) in [5.74, 6) is 1.40. The molecule has 0 amide bonds. The summed E-state index contributed by atoms with van der Waals surface area (Å²) < 4.78 is 34.4. The fraction of sp³-hybridized carbons (Fsp3) is 0.0909. The molecule has 0 saturated carbocycles. The molecule has 1 heterocycles. The van der Waals surface area contributed by atoms with Gasteiger partial charge in [-0.1, -0.05) is 39.7 Å². The van der Waals surface area contributed by atoms with Gasteiger partial charge >= 0.3 is 0 Å². The third kappa shape index (κ3) is 3.34. The molecule has 0 radical (unpaired) electrons. The second kappa shape index (κ2) is 7.11. The molecule has 6 heteroatoms. The molecule has 142 valence electrons. The van der Waals surface area contributed by atoms with Crippen LogP contribution in [-0.4, -0.2) is 12.4 Å². The second-order valence-corrected chi connectivity index (χ2v) is 9.34. The van der Waals surface area contributed by atoms with E-state index >= 15 is 0 Å². The zero-order chi connectivity index (χ0) is 19.9. The van der Waals surface area contributed by atoms with Gasteiger partial charge in [0.1, 0.15) is 11.5 Å². The lowest BCUT2D eigenvalue weighted by atomic mass is 10.1. The molecule has 0 saturated heterocycles. The lowest BCUT2D eigenvalue weighted by Crippen LogP contribution is -2.11. The van der Waals surface area contributed by atoms with Crippen molar-refractivity contribution in [2.45, 2.75) is 18.7 Å². The standard InChI is InChI=1S/C22H18BrNO3S/c1-15-6-8-19(9-7-15)28(25,26)24-13-12-20-16(2)22(11-10-21(20)24)27-18-5-3-4-17(23)14-18/h3-14H,1-2H3. The van der Waals surface area contributed by atoms with Crippen LogP contribution in [-0.2, 0) is 10.0 Å². The SMILES string of the molecule is Cc1ccc(S(=O)(=O)n2ccc3c(C)c(Oc4cccc(Br)c4)ccc32)cc1. The van der Waals surface area contributed by atoms with Gasteiger partial charge in [-0.3, -0.25) is 0 Å². The van der Waals surface area contributed by atoms with E-state index in [1.54, 1.807) is 42.6 Å². The summed E-state index contributed by atoms with van der Waals surface area (Å²) in [7, 11) is -3.66. The summed E-state index contributed by atoms with van der Waals surface area (Å²) in [5, 5.41) is 0.836. The number of nitrogens with zero attached hydrogens (tertiary/aromatic N) is 1. The maximum absolute atomic E-state index is 13.1. The predicted molar refractivity (Wildman–Crippen MR) is 115 cm³/mol. The fourth-order valence-corrected chi connectivity index (χ4v) is 4.85. The molecule has 28 heavy (non-hydrogen) atoms. The minimum atomic E-state index is -3.66. The van der Waals surface area contributed by atoms with E-state index in [0.717, 1.165) is 21.0 Å². The number of benzene rings is 3. The first-order valence-electron chi connectivity index (χ1n) is 8.72. The Morgan fingerprint density at radius 3 is 2.39 bits per heavy atom. The van der Waals surface area contributed by atoms with Crippen LogP contribution in [0.4, 0.5) is 0 Å². The molecule has 4 nitrogen and oxygen atoms in total. The number of ether oxygens (including phenoxy) is 1. The van der Waals surface area contributed by atoms with Gasteiger partial charge in [-0.25, -0.2) is 12.4 Å². The van der Waals surface area contributed by atoms with Crippen LogP contribution >= 0.6 is 15.9 Å². The van der Waals surface area contributed by atoms with Crippen molar-refractivity contribution in [3.63, 3.8) is 0 Å². The van der Waals surface area contributed by atoms with Crippen molar-refractivity contribution in [3.05, 3.63) is 88.5 Å². The lowest BCUT2D eigenvalue weighted by Gasteiger charge is -2.12. The minimum absolute atomic E-state index is 0.266. The van der Waals surface area contributed by atoms with Crippen LogP contribution in [0.5, 0.6) is 11.5 Å². The van der Waals surface area contributed by atoms with E-state index in [9.17, 15) is 8.42 Å². The Balaban J connectivity index is 1.77. The molecule has 0 aliphatic rings. The average molecular weight is 456 g/mol. The highest BCUT2D eigenvalue weighted by atomic mass is 79.9. The number of aryl methyl sites for hydroxylation is 2. The van der Waals surface area contributed by atoms with E-state index in [4.69, 9.17) is 4.74 Å². The van der Waals surface area contributed by atoms with Crippen molar-refractivity contribution in [3.8, 4) is 11.5 Å². The Kier molecular flexibility index (Phi) is 4.77. The topological polar surface area (TPSA) is 48.3 Å². The van der Waals surface area contributed by atoms with Gasteiger partial charge in [0.15, 0.2) is 0 Å². The van der Waals surface area contributed by atoms with Crippen LogP contribution in [0, 0.1) is 13.8 Å². The summed E-state index contributed by atoms with van der Waals surface area (Å²) in [6.07, 6.45) is 1.59. The maximum atomic E-state index is 13.1. The lowest BCUT2D eigenvalue weighted by molar-refractivity contribution is 0.479. The van der Waals surface area contributed by atoms with Crippen molar-refractivity contribution < 1.29 is 13.2 Å². The second-order valence-electron chi connectivity index (χ2n) is 6.61. The van der Waals surface area contributed by atoms with Gasteiger partial charge < -0.3 is 4.74 Å². The molecule has 1 aromatic heterocycles. The van der Waals surface area contributed by atoms with E-state index in [-0.39, 0.29) is 4.90 Å². The van der Waals surface area contributed by atoms with Crippen LogP contribution in [0.1, 0.15) is 11.1 Å². The van der Waals surface area contributed by atoms with Gasteiger partial charge in [0.05, 0.1) is 10.4 Å². The zero-order valence-corrected chi connectivity index (χ0v) is 17.8. The Bertz CT molecular complexity index is 1280. The highest BCUT2D eigenvalue weighted by Crippen LogP contribution is 2.33. The quantitative estimate of drug-likeness (QED) is 0.376. The molecule has 0 unspecified atom stereocenters. The molecule has 0 atom stereocenters. The number of aromatic nitrogens is 1. The molecule has 0 bridgehead atoms. The van der Waals surface area contributed by atoms with E-state index in [1.165, 1.54) is 3.97 Å². The molecule has 0 aliphatic heterocycles. The maximum Gasteiger partial charge on any atom is 0.268 e. The third-order valence-electron chi connectivity index (χ3n) is 4.66. The van der Waals surface area contributed by atoms with E-state index < -0.39 is 10.0 Å². The van der Waals surface area contributed by atoms with Gasteiger partial charge in [0.25, 0.3) is 10.0 Å². The first-order valence-corrected chi connectivity index (χ1v) is 11.0. The number of halogens is 1. The van der Waals surface area contributed by atoms with E-state index in [0.29, 0.717) is 17.0 Å². The van der Waals surface area contributed by atoms with Gasteiger partial charge in [-0.2, -0.15) is 0 Å². The Labute approximate surface area is 172 Å². The van der Waals surface area contributed by atoms with Crippen molar-refractivity contribution in [1.82, 2.24) is 3.97 Å². The number of hydrogen-bond donors (Lipinski definition) is 0. The van der Waals surface area contributed by atoms with E-state index in [1.807, 2.05) is 44.2 Å². The monoisotopic (exact) mass is 455 g/mol. The molecule has 0 N–H and O–H groups in total. The molecule has 0 spiro atoms. The zero-order valence-electron chi connectivity index (χ0n) is 15.4. The summed E-state index contributed by atoms with van der Waals surface area (Å²) in [6, 6.07) is 19.9. The molecular weight excluding hydrogens is 438 g/mol. The van der Waals surface area contributed by atoms with Crippen molar-refractivity contribution in [2.75, 3.05) is 0 Å². The van der Waals surface area contributed by atoms with Crippen LogP contribution in [0.15, 0.2) is 82.3 Å². The molecule has 4 rings (SSSR count). The molecule has 3 aromatic carbocycles. The van der Waals surface area contributed by atoms with Gasteiger partial charge in [-0.15, -0.1) is 0 Å². The van der Waals surface area contributed by atoms with Crippen LogP contribution < -0.4 is 4.74 Å². The Morgan fingerprint density at radius 1 is 0.929 bits per heavy atom. The van der Waals surface area contributed by atoms with Gasteiger partial charge in [0, 0.05) is 21.6 Å². The molecule has 0 fully saturated rings. The number of fused-ring (bicyclic) bond motifs is 1. The Morgan fingerprint density at radius 2 is 1.68 bits per heavy atom. The summed E-state index contributed by atoms with van der Waals surface area (Å²) in [4.78, 5) is 0.266. The van der Waals surface area contributed by atoms with Crippen LogP contribution in [0.3, 0.4) is 0 Å². The van der Waals surface area contributed by atoms with Gasteiger partial charge in [-0.05, 0) is 62.4 Å². The third-order valence-corrected chi connectivity index (χ3v) is 6.86. The van der Waals surface area contributed by atoms with Crippen molar-refractivity contribution in [1.29, 1.82) is 0 Å². The molecule has 4 aromatic rings. The van der Waals surface area contributed by atoms with Crippen LogP contribution in [0.25, 0.3) is 10.9 Å². The summed E-state index contributed by atoms with van der Waals surface area (Å²) in [6.45, 7) is 3.86.